The van der Waals surface area contributed by atoms with Gasteiger partial charge in [-0.3, -0.25) is 4.79 Å². The number of aromatic nitrogens is 3. The molecule has 1 amide bonds. The Bertz CT molecular complexity index is 847. The highest BCUT2D eigenvalue weighted by molar-refractivity contribution is 7.16. The summed E-state index contributed by atoms with van der Waals surface area (Å²) in [6, 6.07) is 0. The van der Waals surface area contributed by atoms with Crippen molar-refractivity contribution in [1.82, 2.24) is 19.5 Å². The molecule has 2 aromatic heterocycles. The third-order valence-corrected chi connectivity index (χ3v) is 5.05. The first-order valence-electron chi connectivity index (χ1n) is 7.76. The quantitative estimate of drug-likeness (QED) is 0.517. The maximum Gasteiger partial charge on any atom is 0.435 e. The number of fused-ring (bicyclic) bond motifs is 1. The molecular weight excluding hydrogens is 419 g/mol. The molecule has 0 spiro atoms. The number of nitrogens with zero attached hydrogens (tertiary/aromatic N) is 4. The Labute approximate surface area is 158 Å². The summed E-state index contributed by atoms with van der Waals surface area (Å²) in [4.78, 5) is 17.1. The van der Waals surface area contributed by atoms with E-state index < -0.39 is 42.0 Å². The molecule has 150 valence electrons. The number of carbonyl (C=O) groups is 1. The molecule has 3 heterocycles. The number of hydrogen-bond donors (Lipinski definition) is 0. The Morgan fingerprint density at radius 2 is 2.04 bits per heavy atom. The smallest absolute Gasteiger partial charge is 0.377 e. The molecule has 6 nitrogen and oxygen atoms in total. The van der Waals surface area contributed by atoms with Crippen LogP contribution >= 0.6 is 22.9 Å². The molecule has 0 bridgehead atoms. The van der Waals surface area contributed by atoms with E-state index in [1.165, 1.54) is 7.11 Å². The molecule has 1 atom stereocenters. The lowest BCUT2D eigenvalue weighted by atomic mass is 10.1. The molecule has 0 aliphatic carbocycles. The summed E-state index contributed by atoms with van der Waals surface area (Å²) in [5, 5.41) is 0.711. The van der Waals surface area contributed by atoms with Gasteiger partial charge >= 0.3 is 11.6 Å². The minimum absolute atomic E-state index is 0.0138. The van der Waals surface area contributed by atoms with Crippen LogP contribution in [0.2, 0.25) is 0 Å². The molecule has 1 aliphatic rings. The SMILES string of the molecule is COCc1nn2c(C(F)(F)F)c(CN3C[C@@H](CC(F)(F)Cl)CC3=O)nc2s1. The van der Waals surface area contributed by atoms with Crippen LogP contribution in [0.25, 0.3) is 4.96 Å². The van der Waals surface area contributed by atoms with E-state index in [9.17, 15) is 26.7 Å². The van der Waals surface area contributed by atoms with Crippen LogP contribution in [-0.2, 0) is 28.9 Å². The van der Waals surface area contributed by atoms with E-state index in [1.807, 2.05) is 0 Å². The number of hydrogen-bond acceptors (Lipinski definition) is 5. The molecular formula is C14H14ClF5N4O2S. The summed E-state index contributed by atoms with van der Waals surface area (Å²) in [6.07, 6.45) is -5.66. The summed E-state index contributed by atoms with van der Waals surface area (Å²) >= 11 is 5.82. The Morgan fingerprint density at radius 1 is 1.33 bits per heavy atom. The van der Waals surface area contributed by atoms with Crippen molar-refractivity contribution in [2.75, 3.05) is 13.7 Å². The van der Waals surface area contributed by atoms with Crippen molar-refractivity contribution in [3.8, 4) is 0 Å². The topological polar surface area (TPSA) is 59.7 Å². The van der Waals surface area contributed by atoms with Gasteiger partial charge in [0.05, 0.1) is 18.8 Å². The van der Waals surface area contributed by atoms with Gasteiger partial charge in [-0.05, 0) is 17.5 Å². The van der Waals surface area contributed by atoms with Crippen LogP contribution in [0.4, 0.5) is 22.0 Å². The normalized spacial score (nSPS) is 18.9. The zero-order valence-corrected chi connectivity index (χ0v) is 15.5. The second-order valence-corrected chi connectivity index (χ2v) is 7.79. The summed E-state index contributed by atoms with van der Waals surface area (Å²) in [5.41, 5.74) is -1.47. The van der Waals surface area contributed by atoms with Crippen LogP contribution in [0.5, 0.6) is 0 Å². The van der Waals surface area contributed by atoms with E-state index >= 15 is 0 Å². The number of carbonyl (C=O) groups excluding carboxylic acids is 1. The molecule has 0 N–H and O–H groups in total. The highest BCUT2D eigenvalue weighted by Gasteiger charge is 2.42. The van der Waals surface area contributed by atoms with Gasteiger partial charge in [0.2, 0.25) is 10.9 Å². The Hall–Kier alpha value is -1.53. The third kappa shape index (κ3) is 4.49. The molecule has 2 aromatic rings. The Kier molecular flexibility index (Phi) is 5.34. The molecule has 0 radical (unpaired) electrons. The van der Waals surface area contributed by atoms with Crippen molar-refractivity contribution in [3.05, 3.63) is 16.4 Å². The van der Waals surface area contributed by atoms with Gasteiger partial charge in [0.1, 0.15) is 5.01 Å². The molecule has 27 heavy (non-hydrogen) atoms. The van der Waals surface area contributed by atoms with Crippen LogP contribution in [-0.4, -0.2) is 44.4 Å². The fraction of sp³-hybridized carbons (Fsp3) is 0.643. The average molecular weight is 433 g/mol. The molecule has 0 aromatic carbocycles. The van der Waals surface area contributed by atoms with Crippen LogP contribution in [0, 0.1) is 5.92 Å². The molecule has 1 fully saturated rings. The second-order valence-electron chi connectivity index (χ2n) is 6.19. The van der Waals surface area contributed by atoms with E-state index in [4.69, 9.17) is 16.3 Å². The van der Waals surface area contributed by atoms with Gasteiger partial charge in [0.25, 0.3) is 0 Å². The number of likely N-dealkylation sites (tertiary alicyclic amines) is 1. The monoisotopic (exact) mass is 432 g/mol. The van der Waals surface area contributed by atoms with Gasteiger partial charge in [-0.2, -0.15) is 31.6 Å². The number of amides is 1. The highest BCUT2D eigenvalue weighted by Crippen LogP contribution is 2.37. The lowest BCUT2D eigenvalue weighted by Crippen LogP contribution is -2.27. The Balaban J connectivity index is 1.86. The second kappa shape index (κ2) is 7.13. The first-order valence-corrected chi connectivity index (χ1v) is 8.95. The summed E-state index contributed by atoms with van der Waals surface area (Å²) in [7, 11) is 1.39. The van der Waals surface area contributed by atoms with E-state index in [-0.39, 0.29) is 30.2 Å². The third-order valence-electron chi connectivity index (χ3n) is 4.01. The average Bonchev–Trinajstić information content (AvgIpc) is 3.09. The van der Waals surface area contributed by atoms with Gasteiger partial charge in [0, 0.05) is 26.5 Å². The largest absolute Gasteiger partial charge is 0.435 e. The highest BCUT2D eigenvalue weighted by atomic mass is 35.5. The standard InChI is InChI=1S/C14H14ClF5N4O2S/c1-26-6-9-22-24-11(14(18,19)20)8(21-12(24)27-9)5-23-4-7(2-10(23)25)3-13(15,16)17/h7H,2-6H2,1H3/t7-/m1/s1. The maximum atomic E-state index is 13.5. The van der Waals surface area contributed by atoms with Crippen LogP contribution in [0.15, 0.2) is 0 Å². The summed E-state index contributed by atoms with van der Waals surface area (Å²) < 4.78 is 72.0. The number of rotatable bonds is 6. The zero-order chi connectivity index (χ0) is 20.0. The first kappa shape index (κ1) is 20.2. The minimum atomic E-state index is -4.75. The predicted octanol–water partition coefficient (Wildman–Crippen LogP) is 3.53. The lowest BCUT2D eigenvalue weighted by molar-refractivity contribution is -0.144. The summed E-state index contributed by atoms with van der Waals surface area (Å²) in [6.45, 7) is -0.501. The van der Waals surface area contributed by atoms with Crippen molar-refractivity contribution in [1.29, 1.82) is 0 Å². The number of alkyl halides is 6. The number of ether oxygens (including phenoxy) is 1. The van der Waals surface area contributed by atoms with Crippen molar-refractivity contribution >= 4 is 33.8 Å². The first-order chi connectivity index (χ1) is 12.5. The van der Waals surface area contributed by atoms with Gasteiger partial charge in [-0.25, -0.2) is 4.98 Å². The van der Waals surface area contributed by atoms with Crippen LogP contribution in [0.1, 0.15) is 29.2 Å². The van der Waals surface area contributed by atoms with Crippen molar-refractivity contribution in [2.24, 2.45) is 5.92 Å². The summed E-state index contributed by atoms with van der Waals surface area (Å²) in [5.74, 6) is -1.24. The fourth-order valence-electron chi connectivity index (χ4n) is 3.06. The van der Waals surface area contributed by atoms with Gasteiger partial charge in [-0.1, -0.05) is 11.3 Å². The van der Waals surface area contributed by atoms with E-state index in [0.717, 1.165) is 16.2 Å². The van der Waals surface area contributed by atoms with Crippen molar-refractivity contribution in [3.63, 3.8) is 0 Å². The molecule has 3 rings (SSSR count). The van der Waals surface area contributed by atoms with E-state index in [1.54, 1.807) is 0 Å². The lowest BCUT2D eigenvalue weighted by Gasteiger charge is -2.17. The van der Waals surface area contributed by atoms with Crippen LogP contribution in [0.3, 0.4) is 0 Å². The number of methoxy groups -OCH3 is 1. The van der Waals surface area contributed by atoms with Gasteiger partial charge in [0.15, 0.2) is 5.69 Å². The number of halogens is 6. The minimum Gasteiger partial charge on any atom is -0.377 e. The van der Waals surface area contributed by atoms with Crippen molar-refractivity contribution in [2.45, 2.75) is 37.6 Å². The molecule has 1 aliphatic heterocycles. The molecule has 0 saturated carbocycles. The Morgan fingerprint density at radius 3 is 2.63 bits per heavy atom. The predicted molar refractivity (Wildman–Crippen MR) is 85.5 cm³/mol. The fourth-order valence-corrected chi connectivity index (χ4v) is 4.16. The van der Waals surface area contributed by atoms with Gasteiger partial charge in [-0.15, -0.1) is 0 Å². The number of imidazole rings is 1. The van der Waals surface area contributed by atoms with Crippen LogP contribution < -0.4 is 0 Å². The molecule has 1 saturated heterocycles. The van der Waals surface area contributed by atoms with Gasteiger partial charge < -0.3 is 9.64 Å². The maximum absolute atomic E-state index is 13.5. The van der Waals surface area contributed by atoms with Crippen molar-refractivity contribution < 1.29 is 31.5 Å². The van der Waals surface area contributed by atoms with E-state index in [2.05, 4.69) is 10.1 Å². The molecule has 0 unspecified atom stereocenters. The zero-order valence-electron chi connectivity index (χ0n) is 13.9. The van der Waals surface area contributed by atoms with E-state index in [0.29, 0.717) is 9.52 Å². The molecule has 13 heteroatoms.